The first kappa shape index (κ1) is 12.5. The summed E-state index contributed by atoms with van der Waals surface area (Å²) in [6, 6.07) is 0.981. The van der Waals surface area contributed by atoms with Gasteiger partial charge in [0.05, 0.1) is 24.8 Å². The number of hydrogen-bond acceptors (Lipinski definition) is 5. The van der Waals surface area contributed by atoms with Gasteiger partial charge in [-0.3, -0.25) is 4.79 Å². The highest BCUT2D eigenvalue weighted by Gasteiger charge is 2.25. The van der Waals surface area contributed by atoms with Gasteiger partial charge in [0, 0.05) is 0 Å². The van der Waals surface area contributed by atoms with Crippen LogP contribution < -0.4 is 10.1 Å². The molecule has 6 nitrogen and oxygen atoms in total. The van der Waals surface area contributed by atoms with Gasteiger partial charge in [-0.15, -0.1) is 0 Å². The van der Waals surface area contributed by atoms with Crippen LogP contribution in [0.1, 0.15) is 31.3 Å². The molecule has 0 bridgehead atoms. The minimum absolute atomic E-state index is 0.118. The normalized spacial score (nSPS) is 13.3. The monoisotopic (exact) mass is 228 g/mol. The van der Waals surface area contributed by atoms with E-state index in [1.165, 1.54) is 13.2 Å². The summed E-state index contributed by atoms with van der Waals surface area (Å²) in [7, 11) is 1.42. The van der Waals surface area contributed by atoms with Crippen LogP contribution in [0.5, 0.6) is 5.95 Å². The van der Waals surface area contributed by atoms with E-state index in [4.69, 9.17) is 9.26 Å². The number of ether oxygens (including phenoxy) is 1. The van der Waals surface area contributed by atoms with Crippen LogP contribution in [0.25, 0.3) is 0 Å². The van der Waals surface area contributed by atoms with Crippen LogP contribution in [0.15, 0.2) is 10.6 Å². The van der Waals surface area contributed by atoms with Crippen molar-refractivity contribution >= 4 is 5.91 Å². The standard InChI is InChI=1S/C10H16N2O4/c1-6(10(2,3)14)11-9(13)7-5-8(15-4)16-12-7/h5-6,14H,1-4H3,(H,11,13). The maximum absolute atomic E-state index is 11.6. The number of aliphatic hydroxyl groups is 1. The van der Waals surface area contributed by atoms with Crippen molar-refractivity contribution in [2.75, 3.05) is 7.11 Å². The van der Waals surface area contributed by atoms with Crippen LogP contribution >= 0.6 is 0 Å². The fraction of sp³-hybridized carbons (Fsp3) is 0.600. The second-order valence-corrected chi connectivity index (χ2v) is 4.08. The number of methoxy groups -OCH3 is 1. The van der Waals surface area contributed by atoms with Crippen molar-refractivity contribution in [2.24, 2.45) is 0 Å². The third kappa shape index (κ3) is 2.96. The molecule has 6 heteroatoms. The van der Waals surface area contributed by atoms with Gasteiger partial charge in [-0.2, -0.15) is 0 Å². The minimum atomic E-state index is -0.997. The van der Waals surface area contributed by atoms with Gasteiger partial charge in [0.15, 0.2) is 5.69 Å². The molecule has 1 heterocycles. The van der Waals surface area contributed by atoms with Crippen LogP contribution in [0.3, 0.4) is 0 Å². The van der Waals surface area contributed by atoms with Gasteiger partial charge in [-0.05, 0) is 20.8 Å². The van der Waals surface area contributed by atoms with Crippen molar-refractivity contribution < 1.29 is 19.2 Å². The number of carbonyl (C=O) groups is 1. The Morgan fingerprint density at radius 3 is 2.75 bits per heavy atom. The van der Waals surface area contributed by atoms with Crippen molar-refractivity contribution in [1.29, 1.82) is 0 Å². The highest BCUT2D eigenvalue weighted by Crippen LogP contribution is 2.13. The third-order valence-electron chi connectivity index (χ3n) is 2.33. The maximum Gasteiger partial charge on any atom is 0.311 e. The first-order valence-electron chi connectivity index (χ1n) is 4.88. The van der Waals surface area contributed by atoms with Crippen molar-refractivity contribution in [3.05, 3.63) is 11.8 Å². The number of nitrogens with zero attached hydrogens (tertiary/aromatic N) is 1. The lowest BCUT2D eigenvalue weighted by Crippen LogP contribution is -2.47. The average Bonchev–Trinajstić information content (AvgIpc) is 2.64. The average molecular weight is 228 g/mol. The fourth-order valence-corrected chi connectivity index (χ4v) is 0.909. The van der Waals surface area contributed by atoms with Gasteiger partial charge in [0.2, 0.25) is 0 Å². The van der Waals surface area contributed by atoms with E-state index in [-0.39, 0.29) is 11.6 Å². The Morgan fingerprint density at radius 2 is 2.31 bits per heavy atom. The third-order valence-corrected chi connectivity index (χ3v) is 2.33. The molecule has 0 fully saturated rings. The molecule has 0 aliphatic carbocycles. The molecule has 1 aromatic heterocycles. The summed E-state index contributed by atoms with van der Waals surface area (Å²) in [4.78, 5) is 11.6. The molecule has 1 unspecified atom stereocenters. The highest BCUT2D eigenvalue weighted by molar-refractivity contribution is 5.92. The predicted molar refractivity (Wildman–Crippen MR) is 56.3 cm³/mol. The molecule has 0 radical (unpaired) electrons. The number of rotatable bonds is 4. The number of hydrogen-bond donors (Lipinski definition) is 2. The number of nitrogens with one attached hydrogen (secondary N) is 1. The van der Waals surface area contributed by atoms with Crippen LogP contribution in [0.4, 0.5) is 0 Å². The Bertz CT molecular complexity index is 367. The number of amides is 1. The Balaban J connectivity index is 2.66. The van der Waals surface area contributed by atoms with Crippen molar-refractivity contribution in [3.8, 4) is 5.95 Å². The first-order chi connectivity index (χ1) is 7.34. The van der Waals surface area contributed by atoms with E-state index in [9.17, 15) is 9.90 Å². The molecule has 1 aromatic rings. The van der Waals surface area contributed by atoms with E-state index in [0.29, 0.717) is 0 Å². The van der Waals surface area contributed by atoms with Crippen LogP contribution in [-0.2, 0) is 0 Å². The fourth-order valence-electron chi connectivity index (χ4n) is 0.909. The van der Waals surface area contributed by atoms with E-state index in [0.717, 1.165) is 0 Å². The molecule has 1 rings (SSSR count). The van der Waals surface area contributed by atoms with Gasteiger partial charge in [0.25, 0.3) is 5.91 Å². The van der Waals surface area contributed by atoms with E-state index in [2.05, 4.69) is 10.5 Å². The Kier molecular flexibility index (Phi) is 3.54. The number of aromatic nitrogens is 1. The molecule has 0 aromatic carbocycles. The minimum Gasteiger partial charge on any atom is -0.467 e. The molecule has 1 amide bonds. The molecule has 1 atom stereocenters. The van der Waals surface area contributed by atoms with E-state index >= 15 is 0 Å². The summed E-state index contributed by atoms with van der Waals surface area (Å²) < 4.78 is 9.47. The molecule has 0 saturated heterocycles. The Labute approximate surface area is 93.6 Å². The lowest BCUT2D eigenvalue weighted by molar-refractivity contribution is 0.0406. The van der Waals surface area contributed by atoms with E-state index < -0.39 is 17.6 Å². The topological polar surface area (TPSA) is 84.6 Å². The van der Waals surface area contributed by atoms with Gasteiger partial charge in [0.1, 0.15) is 0 Å². The zero-order valence-electron chi connectivity index (χ0n) is 9.77. The maximum atomic E-state index is 11.6. The summed E-state index contributed by atoms with van der Waals surface area (Å²) in [5.41, 5.74) is -0.878. The molecule has 0 aliphatic rings. The lowest BCUT2D eigenvalue weighted by atomic mass is 10.0. The quantitative estimate of drug-likeness (QED) is 0.787. The molecule has 0 saturated carbocycles. The lowest BCUT2D eigenvalue weighted by Gasteiger charge is -2.26. The summed E-state index contributed by atoms with van der Waals surface area (Å²) in [5.74, 6) is -0.247. The van der Waals surface area contributed by atoms with Crippen LogP contribution in [0.2, 0.25) is 0 Å². The molecular weight excluding hydrogens is 212 g/mol. The van der Waals surface area contributed by atoms with Gasteiger partial charge in [-0.1, -0.05) is 5.16 Å². The highest BCUT2D eigenvalue weighted by atomic mass is 16.6. The summed E-state index contributed by atoms with van der Waals surface area (Å²) in [6.07, 6.45) is 0. The second kappa shape index (κ2) is 4.52. The molecule has 90 valence electrons. The smallest absolute Gasteiger partial charge is 0.311 e. The predicted octanol–water partition coefficient (Wildman–Crippen LogP) is 0.572. The summed E-state index contributed by atoms with van der Waals surface area (Å²) in [5, 5.41) is 15.8. The molecule has 0 spiro atoms. The van der Waals surface area contributed by atoms with Crippen LogP contribution in [0, 0.1) is 0 Å². The number of carbonyl (C=O) groups excluding carboxylic acids is 1. The van der Waals surface area contributed by atoms with E-state index in [1.54, 1.807) is 20.8 Å². The zero-order chi connectivity index (χ0) is 12.3. The summed E-state index contributed by atoms with van der Waals surface area (Å²) >= 11 is 0. The Morgan fingerprint density at radius 1 is 1.69 bits per heavy atom. The molecule has 2 N–H and O–H groups in total. The molecule has 16 heavy (non-hydrogen) atoms. The Hall–Kier alpha value is -1.56. The van der Waals surface area contributed by atoms with Crippen molar-refractivity contribution in [3.63, 3.8) is 0 Å². The van der Waals surface area contributed by atoms with Crippen LogP contribution in [-0.4, -0.2) is 34.9 Å². The largest absolute Gasteiger partial charge is 0.467 e. The van der Waals surface area contributed by atoms with Gasteiger partial charge in [-0.25, -0.2) is 0 Å². The zero-order valence-corrected chi connectivity index (χ0v) is 9.77. The SMILES string of the molecule is COc1cc(C(=O)NC(C)C(C)(C)O)no1. The van der Waals surface area contributed by atoms with Gasteiger partial charge < -0.3 is 19.7 Å². The molecule has 0 aliphatic heterocycles. The van der Waals surface area contributed by atoms with E-state index in [1.807, 2.05) is 0 Å². The molecular formula is C10H16N2O4. The second-order valence-electron chi connectivity index (χ2n) is 4.08. The van der Waals surface area contributed by atoms with Crippen molar-refractivity contribution in [1.82, 2.24) is 10.5 Å². The van der Waals surface area contributed by atoms with Crippen molar-refractivity contribution in [2.45, 2.75) is 32.4 Å². The summed E-state index contributed by atoms with van der Waals surface area (Å²) in [6.45, 7) is 4.93. The first-order valence-corrected chi connectivity index (χ1v) is 4.88. The van der Waals surface area contributed by atoms with Gasteiger partial charge >= 0.3 is 5.95 Å².